The lowest BCUT2D eigenvalue weighted by atomic mass is 10.0. The number of hydrogen-bond acceptors (Lipinski definition) is 5. The minimum Gasteiger partial charge on any atom is -0.444 e. The predicted molar refractivity (Wildman–Crippen MR) is 135 cm³/mol. The zero-order chi connectivity index (χ0) is 27.2. The van der Waals surface area contributed by atoms with E-state index in [1.165, 1.54) is 6.20 Å². The van der Waals surface area contributed by atoms with Gasteiger partial charge in [-0.25, -0.2) is 17.2 Å². The Bertz CT molecular complexity index is 1400. The Balaban J connectivity index is 1.58. The van der Waals surface area contributed by atoms with Crippen LogP contribution in [0.15, 0.2) is 59.6 Å². The van der Waals surface area contributed by atoms with Gasteiger partial charge in [0.2, 0.25) is 0 Å². The van der Waals surface area contributed by atoms with Crippen molar-refractivity contribution in [2.75, 3.05) is 25.0 Å². The second-order valence-electron chi connectivity index (χ2n) is 10.2. The highest BCUT2D eigenvalue weighted by atomic mass is 32.2. The summed E-state index contributed by atoms with van der Waals surface area (Å²) in [7, 11) is -2.35. The first-order chi connectivity index (χ1) is 17.2. The molecule has 1 aromatic heterocycles. The topological polar surface area (TPSA) is 71.9 Å². The lowest BCUT2D eigenvalue weighted by Gasteiger charge is -2.38. The van der Waals surface area contributed by atoms with Crippen molar-refractivity contribution in [3.05, 3.63) is 60.3 Å². The van der Waals surface area contributed by atoms with E-state index < -0.39 is 32.3 Å². The fraction of sp³-hybridized carbons (Fsp3) is 0.423. The maximum atomic E-state index is 13.3. The summed E-state index contributed by atoms with van der Waals surface area (Å²) in [6, 6.07) is 10.7. The monoisotopic (exact) mass is 537 g/mol. The number of benzene rings is 2. The molecule has 1 aliphatic heterocycles. The van der Waals surface area contributed by atoms with Gasteiger partial charge in [-0.2, -0.15) is 13.2 Å². The number of nitrogens with zero attached hydrogens (tertiary/aromatic N) is 3. The molecule has 1 fully saturated rings. The molecule has 2 heterocycles. The number of carbonyl (C=O) groups is 1. The Morgan fingerprint density at radius 2 is 1.68 bits per heavy atom. The molecule has 0 unspecified atom stereocenters. The molecule has 200 valence electrons. The number of carbonyl (C=O) groups excluding carboxylic acids is 1. The molecule has 11 heteroatoms. The molecule has 1 aliphatic rings. The van der Waals surface area contributed by atoms with Crippen LogP contribution in [0.3, 0.4) is 0 Å². The van der Waals surface area contributed by atoms with Gasteiger partial charge in [0.15, 0.2) is 0 Å². The molecule has 2 aromatic carbocycles. The van der Waals surface area contributed by atoms with Crippen LogP contribution in [0.1, 0.15) is 39.2 Å². The highest BCUT2D eigenvalue weighted by Crippen LogP contribution is 2.34. The molecule has 3 aromatic rings. The van der Waals surface area contributed by atoms with E-state index in [0.29, 0.717) is 42.9 Å². The normalized spacial score (nSPS) is 15.7. The maximum Gasteiger partial charge on any atom is 0.416 e. The Hall–Kier alpha value is -3.21. The third-order valence-electron chi connectivity index (χ3n) is 6.44. The SMILES string of the molecule is CN(c1cccc2c1ccn2S(=O)(=O)c1cccc(C(F)(F)F)c1)C1CCN(C(=O)OC(C)(C)C)CC1. The van der Waals surface area contributed by atoms with Gasteiger partial charge < -0.3 is 14.5 Å². The quantitative estimate of drug-likeness (QED) is 0.425. The first kappa shape index (κ1) is 26.8. The van der Waals surface area contributed by atoms with Crippen molar-refractivity contribution in [2.45, 2.75) is 56.3 Å². The molecule has 1 amide bonds. The van der Waals surface area contributed by atoms with E-state index in [4.69, 9.17) is 4.74 Å². The van der Waals surface area contributed by atoms with Crippen molar-refractivity contribution >= 4 is 32.7 Å². The summed E-state index contributed by atoms with van der Waals surface area (Å²) in [5, 5.41) is 0.662. The number of piperidine rings is 1. The zero-order valence-corrected chi connectivity index (χ0v) is 21.9. The minimum atomic E-state index is -4.65. The molecule has 0 N–H and O–H groups in total. The van der Waals surface area contributed by atoms with E-state index in [0.717, 1.165) is 27.9 Å². The predicted octanol–water partition coefficient (Wildman–Crippen LogP) is 5.73. The van der Waals surface area contributed by atoms with Crippen molar-refractivity contribution in [2.24, 2.45) is 0 Å². The van der Waals surface area contributed by atoms with E-state index in [1.54, 1.807) is 23.1 Å². The van der Waals surface area contributed by atoms with Gasteiger partial charge >= 0.3 is 12.3 Å². The first-order valence-electron chi connectivity index (χ1n) is 11.9. The molecular weight excluding hydrogens is 507 g/mol. The molecular formula is C26H30F3N3O4S. The van der Waals surface area contributed by atoms with E-state index in [1.807, 2.05) is 33.9 Å². The van der Waals surface area contributed by atoms with Gasteiger partial charge in [-0.3, -0.25) is 0 Å². The summed E-state index contributed by atoms with van der Waals surface area (Å²) in [5.41, 5.74) is -0.426. The second-order valence-corrected chi connectivity index (χ2v) is 12.0. The van der Waals surface area contributed by atoms with E-state index >= 15 is 0 Å². The molecule has 0 radical (unpaired) electrons. The van der Waals surface area contributed by atoms with E-state index in [9.17, 15) is 26.4 Å². The Morgan fingerprint density at radius 1 is 1.03 bits per heavy atom. The number of aromatic nitrogens is 1. The molecule has 4 rings (SSSR count). The summed E-state index contributed by atoms with van der Waals surface area (Å²) in [5.74, 6) is 0. The highest BCUT2D eigenvalue weighted by Gasteiger charge is 2.33. The van der Waals surface area contributed by atoms with Gasteiger partial charge in [-0.15, -0.1) is 0 Å². The average Bonchev–Trinajstić information content (AvgIpc) is 3.27. The summed E-state index contributed by atoms with van der Waals surface area (Å²) in [6.45, 7) is 6.54. The van der Waals surface area contributed by atoms with Gasteiger partial charge in [0.05, 0.1) is 16.0 Å². The van der Waals surface area contributed by atoms with Crippen LogP contribution in [0.4, 0.5) is 23.7 Å². The van der Waals surface area contributed by atoms with Crippen LogP contribution in [0.25, 0.3) is 10.9 Å². The first-order valence-corrected chi connectivity index (χ1v) is 13.4. The second kappa shape index (κ2) is 9.59. The smallest absolute Gasteiger partial charge is 0.416 e. The van der Waals surface area contributed by atoms with Gasteiger partial charge in [0.25, 0.3) is 10.0 Å². The van der Waals surface area contributed by atoms with E-state index in [-0.39, 0.29) is 12.1 Å². The van der Waals surface area contributed by atoms with Gasteiger partial charge in [-0.1, -0.05) is 12.1 Å². The van der Waals surface area contributed by atoms with Crippen LogP contribution in [0, 0.1) is 0 Å². The molecule has 37 heavy (non-hydrogen) atoms. The summed E-state index contributed by atoms with van der Waals surface area (Å²) >= 11 is 0. The van der Waals surface area contributed by atoms with Crippen LogP contribution >= 0.6 is 0 Å². The fourth-order valence-electron chi connectivity index (χ4n) is 4.55. The number of hydrogen-bond donors (Lipinski definition) is 0. The molecule has 0 atom stereocenters. The van der Waals surface area contributed by atoms with Crippen LogP contribution in [0.2, 0.25) is 0 Å². The minimum absolute atomic E-state index is 0.104. The summed E-state index contributed by atoms with van der Waals surface area (Å²) in [6.07, 6.45) is -2.22. The molecule has 7 nitrogen and oxygen atoms in total. The number of alkyl halides is 3. The van der Waals surface area contributed by atoms with Crippen LogP contribution < -0.4 is 4.90 Å². The standard InChI is InChI=1S/C26H30F3N3O4S/c1-25(2,3)36-24(33)31-14-11-19(12-15-31)30(4)22-9-6-10-23-21(22)13-16-32(23)37(34,35)20-8-5-7-18(17-20)26(27,28)29/h5-10,13,16-17,19H,11-12,14-15H2,1-4H3. The lowest BCUT2D eigenvalue weighted by molar-refractivity contribution is -0.137. The van der Waals surface area contributed by atoms with Crippen molar-refractivity contribution < 1.29 is 31.1 Å². The van der Waals surface area contributed by atoms with E-state index in [2.05, 4.69) is 4.90 Å². The van der Waals surface area contributed by atoms with Gasteiger partial charge in [-0.05, 0) is 70.0 Å². The molecule has 0 bridgehead atoms. The number of halogens is 3. The lowest BCUT2D eigenvalue weighted by Crippen LogP contribution is -2.47. The van der Waals surface area contributed by atoms with Crippen molar-refractivity contribution in [1.82, 2.24) is 8.87 Å². The van der Waals surface area contributed by atoms with Crippen LogP contribution in [-0.4, -0.2) is 55.2 Å². The number of ether oxygens (including phenoxy) is 1. The number of fused-ring (bicyclic) bond motifs is 1. The third-order valence-corrected chi connectivity index (χ3v) is 8.12. The molecule has 1 saturated heterocycles. The highest BCUT2D eigenvalue weighted by molar-refractivity contribution is 7.90. The Labute approximate surface area is 214 Å². The Kier molecular flexibility index (Phi) is 6.96. The number of amides is 1. The number of likely N-dealkylation sites (tertiary alicyclic amines) is 1. The summed E-state index contributed by atoms with van der Waals surface area (Å²) in [4.78, 5) is 15.7. The van der Waals surface area contributed by atoms with Crippen molar-refractivity contribution in [3.8, 4) is 0 Å². The van der Waals surface area contributed by atoms with Gasteiger partial charge in [0, 0.05) is 43.4 Å². The van der Waals surface area contributed by atoms with Crippen molar-refractivity contribution in [1.29, 1.82) is 0 Å². The third kappa shape index (κ3) is 5.56. The molecule has 0 saturated carbocycles. The van der Waals surface area contributed by atoms with Crippen molar-refractivity contribution in [3.63, 3.8) is 0 Å². The fourth-order valence-corrected chi connectivity index (χ4v) is 5.94. The summed E-state index contributed by atoms with van der Waals surface area (Å²) < 4.78 is 72.6. The number of anilines is 1. The zero-order valence-electron chi connectivity index (χ0n) is 21.1. The largest absolute Gasteiger partial charge is 0.444 e. The van der Waals surface area contributed by atoms with Crippen LogP contribution in [-0.2, 0) is 20.9 Å². The molecule has 0 spiro atoms. The average molecular weight is 538 g/mol. The Morgan fingerprint density at radius 3 is 2.30 bits per heavy atom. The van der Waals surface area contributed by atoms with Gasteiger partial charge in [0.1, 0.15) is 5.60 Å². The maximum absolute atomic E-state index is 13.3. The number of rotatable bonds is 4. The van der Waals surface area contributed by atoms with Crippen LogP contribution in [0.5, 0.6) is 0 Å². The molecule has 0 aliphatic carbocycles.